The predicted octanol–water partition coefficient (Wildman–Crippen LogP) is 11.8. The van der Waals surface area contributed by atoms with Crippen molar-refractivity contribution in [3.05, 3.63) is 164 Å². The number of para-hydroxylation sites is 3. The molecule has 238 valence electrons. The van der Waals surface area contributed by atoms with E-state index in [4.69, 9.17) is 15.0 Å². The first-order chi connectivity index (χ1) is 25.3. The summed E-state index contributed by atoms with van der Waals surface area (Å²) in [7, 11) is 0. The molecule has 0 fully saturated rings. The van der Waals surface area contributed by atoms with Gasteiger partial charge in [-0.2, -0.15) is 9.97 Å². The molecule has 7 aromatic carbocycles. The second-order valence-corrected chi connectivity index (χ2v) is 13.9. The Kier molecular flexibility index (Phi) is 6.05. The Balaban J connectivity index is 1.29. The van der Waals surface area contributed by atoms with Crippen LogP contribution in [0.4, 0.5) is 0 Å². The maximum atomic E-state index is 5.21. The summed E-state index contributed by atoms with van der Waals surface area (Å²) in [5, 5.41) is 7.31. The molecule has 51 heavy (non-hydrogen) atoms. The molecular weight excluding hydrogens is 643 g/mol. The van der Waals surface area contributed by atoms with Gasteiger partial charge in [0.1, 0.15) is 0 Å². The maximum Gasteiger partial charge on any atom is 0.238 e. The fourth-order valence-corrected chi connectivity index (χ4v) is 9.11. The third-order valence-electron chi connectivity index (χ3n) is 9.98. The van der Waals surface area contributed by atoms with E-state index < -0.39 is 0 Å². The van der Waals surface area contributed by atoms with Gasteiger partial charge < -0.3 is 4.57 Å². The molecule has 5 nitrogen and oxygen atoms in total. The quantitative estimate of drug-likeness (QED) is 0.187. The zero-order valence-corrected chi connectivity index (χ0v) is 28.0. The van der Waals surface area contributed by atoms with E-state index in [1.54, 1.807) is 0 Å². The highest BCUT2D eigenvalue weighted by molar-refractivity contribution is 7.27. The van der Waals surface area contributed by atoms with Crippen molar-refractivity contribution in [3.8, 4) is 34.4 Å². The van der Waals surface area contributed by atoms with Crippen LogP contribution in [0.5, 0.6) is 0 Å². The topological polar surface area (TPSA) is 48.5 Å². The van der Waals surface area contributed by atoms with E-state index in [2.05, 4.69) is 137 Å². The third kappa shape index (κ3) is 4.17. The highest BCUT2D eigenvalue weighted by Gasteiger charge is 2.23. The highest BCUT2D eigenvalue weighted by atomic mass is 32.1. The van der Waals surface area contributed by atoms with Crippen molar-refractivity contribution in [1.29, 1.82) is 0 Å². The van der Waals surface area contributed by atoms with Crippen molar-refractivity contribution in [2.24, 2.45) is 0 Å². The molecule has 0 bridgehead atoms. The molecule has 0 saturated carbocycles. The Hall–Kier alpha value is -6.63. The fraction of sp³-hybridized carbons (Fsp3) is 0. The third-order valence-corrected chi connectivity index (χ3v) is 11.2. The van der Waals surface area contributed by atoms with Gasteiger partial charge in [0, 0.05) is 49.1 Å². The molecule has 0 spiro atoms. The minimum atomic E-state index is 0.599. The largest absolute Gasteiger partial charge is 0.308 e. The van der Waals surface area contributed by atoms with Gasteiger partial charge in [-0.25, -0.2) is 4.98 Å². The molecule has 0 aliphatic rings. The van der Waals surface area contributed by atoms with Gasteiger partial charge in [0.05, 0.1) is 31.5 Å². The van der Waals surface area contributed by atoms with Crippen LogP contribution in [0.1, 0.15) is 0 Å². The minimum absolute atomic E-state index is 0.599. The van der Waals surface area contributed by atoms with Crippen molar-refractivity contribution in [3.63, 3.8) is 0 Å². The number of hydrogen-bond acceptors (Lipinski definition) is 4. The predicted molar refractivity (Wildman–Crippen MR) is 212 cm³/mol. The minimum Gasteiger partial charge on any atom is -0.308 e. The van der Waals surface area contributed by atoms with Crippen LogP contribution in [0, 0.1) is 0 Å². The van der Waals surface area contributed by atoms with Gasteiger partial charge in [0.25, 0.3) is 0 Å². The molecule has 0 aliphatic heterocycles. The maximum absolute atomic E-state index is 5.21. The average molecular weight is 670 g/mol. The molecule has 11 rings (SSSR count). The lowest BCUT2D eigenvalue weighted by molar-refractivity contribution is 0.955. The number of hydrogen-bond donors (Lipinski definition) is 0. The van der Waals surface area contributed by atoms with E-state index in [0.29, 0.717) is 17.6 Å². The van der Waals surface area contributed by atoms with Gasteiger partial charge in [-0.1, -0.05) is 140 Å². The molecule has 0 unspecified atom stereocenters. The lowest BCUT2D eigenvalue weighted by Gasteiger charge is -2.11. The van der Waals surface area contributed by atoms with Crippen LogP contribution in [0.2, 0.25) is 0 Å². The molecule has 0 aliphatic carbocycles. The van der Waals surface area contributed by atoms with E-state index in [1.807, 2.05) is 47.7 Å². The van der Waals surface area contributed by atoms with E-state index in [-0.39, 0.29) is 0 Å². The highest BCUT2D eigenvalue weighted by Crippen LogP contribution is 2.47. The number of nitrogens with zero attached hydrogens (tertiary/aromatic N) is 5. The zero-order valence-electron chi connectivity index (χ0n) is 27.2. The van der Waals surface area contributed by atoms with Gasteiger partial charge in [-0.15, -0.1) is 11.3 Å². The van der Waals surface area contributed by atoms with Crippen LogP contribution in [-0.4, -0.2) is 24.1 Å². The van der Waals surface area contributed by atoms with Crippen LogP contribution < -0.4 is 0 Å². The van der Waals surface area contributed by atoms with Crippen LogP contribution in [0.15, 0.2) is 164 Å². The first-order valence-corrected chi connectivity index (χ1v) is 17.9. The second-order valence-electron chi connectivity index (χ2n) is 12.8. The van der Waals surface area contributed by atoms with E-state index >= 15 is 0 Å². The molecule has 0 atom stereocenters. The fourth-order valence-electron chi connectivity index (χ4n) is 7.74. The molecule has 6 heteroatoms. The van der Waals surface area contributed by atoms with Crippen molar-refractivity contribution < 1.29 is 0 Å². The monoisotopic (exact) mass is 669 g/mol. The molecule has 4 heterocycles. The summed E-state index contributed by atoms with van der Waals surface area (Å²) in [6.07, 6.45) is 0. The van der Waals surface area contributed by atoms with Gasteiger partial charge >= 0.3 is 0 Å². The van der Waals surface area contributed by atoms with Crippen molar-refractivity contribution in [1.82, 2.24) is 24.1 Å². The normalized spacial score (nSPS) is 11.9. The number of thiophene rings is 1. The summed E-state index contributed by atoms with van der Waals surface area (Å²) in [5.41, 5.74) is 7.65. The van der Waals surface area contributed by atoms with Crippen LogP contribution >= 0.6 is 11.3 Å². The lowest BCUT2D eigenvalue weighted by Crippen LogP contribution is -2.06. The number of benzene rings is 7. The zero-order chi connectivity index (χ0) is 33.5. The van der Waals surface area contributed by atoms with Gasteiger partial charge in [0.2, 0.25) is 5.95 Å². The van der Waals surface area contributed by atoms with Gasteiger partial charge in [-0.05, 0) is 24.3 Å². The van der Waals surface area contributed by atoms with E-state index in [0.717, 1.165) is 27.8 Å². The molecule has 0 saturated heterocycles. The Bertz CT molecular complexity index is 3060. The lowest BCUT2D eigenvalue weighted by atomic mass is 10.1. The molecular formula is C45H27N5S. The Morgan fingerprint density at radius 2 is 0.784 bits per heavy atom. The number of aromatic nitrogens is 5. The van der Waals surface area contributed by atoms with Crippen LogP contribution in [-0.2, 0) is 0 Å². The van der Waals surface area contributed by atoms with Crippen LogP contribution in [0.25, 0.3) is 98.2 Å². The van der Waals surface area contributed by atoms with E-state index in [9.17, 15) is 0 Å². The SMILES string of the molecule is c1ccc(-c2nc(-c3ccccc3)nc(-n3c4ccccc4c4ccc5c6ccc7c8ccccc8n(-c8ccccc8)c7c6sc5c43)n2)cc1. The van der Waals surface area contributed by atoms with Crippen LogP contribution in [0.3, 0.4) is 0 Å². The molecule has 0 amide bonds. The molecule has 0 radical (unpaired) electrons. The summed E-state index contributed by atoms with van der Waals surface area (Å²) in [6.45, 7) is 0. The van der Waals surface area contributed by atoms with E-state index in [1.165, 1.54) is 52.8 Å². The molecule has 4 aromatic heterocycles. The summed E-state index contributed by atoms with van der Waals surface area (Å²) >= 11 is 1.86. The van der Waals surface area contributed by atoms with Crippen molar-refractivity contribution >= 4 is 75.1 Å². The van der Waals surface area contributed by atoms with Gasteiger partial charge in [-0.3, -0.25) is 4.57 Å². The van der Waals surface area contributed by atoms with Gasteiger partial charge in [0.15, 0.2) is 11.6 Å². The Morgan fingerprint density at radius 1 is 0.353 bits per heavy atom. The van der Waals surface area contributed by atoms with Crippen molar-refractivity contribution in [2.45, 2.75) is 0 Å². The number of rotatable bonds is 4. The average Bonchev–Trinajstić information content (AvgIpc) is 3.87. The van der Waals surface area contributed by atoms with Crippen molar-refractivity contribution in [2.75, 3.05) is 0 Å². The smallest absolute Gasteiger partial charge is 0.238 e. The summed E-state index contributed by atoms with van der Waals surface area (Å²) in [5.74, 6) is 1.88. The summed E-state index contributed by atoms with van der Waals surface area (Å²) in [6, 6.07) is 57.6. The Morgan fingerprint density at radius 3 is 1.33 bits per heavy atom. The summed E-state index contributed by atoms with van der Waals surface area (Å²) in [4.78, 5) is 15.4. The summed E-state index contributed by atoms with van der Waals surface area (Å²) < 4.78 is 7.16. The first-order valence-electron chi connectivity index (χ1n) is 17.0. The Labute approximate surface area is 296 Å². The molecule has 0 N–H and O–H groups in total. The number of fused-ring (bicyclic) bond motifs is 11. The molecule has 11 aromatic rings. The second kappa shape index (κ2) is 10.9. The standard InChI is InChI=1S/C45H27N5S/c1-4-14-28(15-5-1)43-46-44(29-16-6-2-7-17-29)48-45(47-43)50-38-23-13-11-21-32(38)34-25-27-36-35-26-24-33-31-20-10-12-22-37(31)49(30-18-8-3-9-19-30)39(33)41(35)51-42(36)40(34)50/h1-27H. The first kappa shape index (κ1) is 28.2.